The van der Waals surface area contributed by atoms with Gasteiger partial charge in [-0.2, -0.15) is 5.26 Å². The Morgan fingerprint density at radius 3 is 2.93 bits per heavy atom. The van der Waals surface area contributed by atoms with Crippen molar-refractivity contribution < 1.29 is 4.74 Å². The van der Waals surface area contributed by atoms with E-state index in [-0.39, 0.29) is 11.7 Å². The zero-order valence-corrected chi connectivity index (χ0v) is 8.54. The van der Waals surface area contributed by atoms with E-state index < -0.39 is 0 Å². The second-order valence-electron chi connectivity index (χ2n) is 5.29. The van der Waals surface area contributed by atoms with Crippen molar-refractivity contribution in [2.24, 2.45) is 11.8 Å². The fraction of sp³-hybridized carbons (Fsp3) is 0.917. The van der Waals surface area contributed by atoms with Crippen molar-refractivity contribution in [3.05, 3.63) is 0 Å². The van der Waals surface area contributed by atoms with Gasteiger partial charge < -0.3 is 4.74 Å². The molecular weight excluding hydrogens is 174 g/mol. The van der Waals surface area contributed by atoms with Gasteiger partial charge in [0.1, 0.15) is 0 Å². The van der Waals surface area contributed by atoms with Gasteiger partial charge in [-0.25, -0.2) is 0 Å². The molecule has 2 bridgehead atoms. The average Bonchev–Trinajstić information content (AvgIpc) is 2.82. The highest BCUT2D eigenvalue weighted by molar-refractivity contribution is 5.06. The Kier molecular flexibility index (Phi) is 1.85. The SMILES string of the molecule is N#CCC1CCC2(CC3CCC2C3)O1. The van der Waals surface area contributed by atoms with Crippen LogP contribution in [0.1, 0.15) is 44.9 Å². The Labute approximate surface area is 85.2 Å². The minimum Gasteiger partial charge on any atom is -0.370 e. The summed E-state index contributed by atoms with van der Waals surface area (Å²) in [7, 11) is 0. The third kappa shape index (κ3) is 1.12. The summed E-state index contributed by atoms with van der Waals surface area (Å²) < 4.78 is 6.16. The van der Waals surface area contributed by atoms with Crippen LogP contribution in [0.2, 0.25) is 0 Å². The molecule has 0 aromatic rings. The van der Waals surface area contributed by atoms with Gasteiger partial charge in [0, 0.05) is 0 Å². The summed E-state index contributed by atoms with van der Waals surface area (Å²) in [6, 6.07) is 2.24. The van der Waals surface area contributed by atoms with Crippen LogP contribution in [0.3, 0.4) is 0 Å². The molecule has 0 aromatic heterocycles. The van der Waals surface area contributed by atoms with Gasteiger partial charge in [-0.1, -0.05) is 0 Å². The Morgan fingerprint density at radius 2 is 2.29 bits per heavy atom. The largest absolute Gasteiger partial charge is 0.370 e. The minimum atomic E-state index is 0.227. The van der Waals surface area contributed by atoms with Crippen LogP contribution in [-0.4, -0.2) is 11.7 Å². The van der Waals surface area contributed by atoms with Crippen molar-refractivity contribution in [1.29, 1.82) is 5.26 Å². The summed E-state index contributed by atoms with van der Waals surface area (Å²) in [4.78, 5) is 0. The van der Waals surface area contributed by atoms with Crippen LogP contribution in [0.15, 0.2) is 0 Å². The molecule has 76 valence electrons. The first-order chi connectivity index (χ1) is 6.82. The standard InChI is InChI=1S/C12H17NO/c13-6-4-11-3-5-12(14-11)8-9-1-2-10(12)7-9/h9-11H,1-5,7-8H2. The van der Waals surface area contributed by atoms with Crippen LogP contribution in [0.25, 0.3) is 0 Å². The van der Waals surface area contributed by atoms with Gasteiger partial charge in [0.2, 0.25) is 0 Å². The van der Waals surface area contributed by atoms with Crippen molar-refractivity contribution in [2.45, 2.75) is 56.7 Å². The molecule has 3 fully saturated rings. The van der Waals surface area contributed by atoms with E-state index in [2.05, 4.69) is 6.07 Å². The molecular formula is C12H17NO. The first-order valence-electron chi connectivity index (χ1n) is 5.87. The molecule has 4 atom stereocenters. The molecule has 2 saturated carbocycles. The molecule has 1 aliphatic heterocycles. The predicted octanol–water partition coefficient (Wildman–Crippen LogP) is 2.64. The second-order valence-corrected chi connectivity index (χ2v) is 5.29. The summed E-state index contributed by atoms with van der Waals surface area (Å²) in [5.74, 6) is 1.78. The van der Waals surface area contributed by atoms with Crippen LogP contribution in [0, 0.1) is 23.2 Å². The Morgan fingerprint density at radius 1 is 1.36 bits per heavy atom. The quantitative estimate of drug-likeness (QED) is 0.638. The zero-order valence-electron chi connectivity index (χ0n) is 8.54. The maximum Gasteiger partial charge on any atom is 0.0718 e. The summed E-state index contributed by atoms with van der Waals surface area (Å²) in [5.41, 5.74) is 0.227. The van der Waals surface area contributed by atoms with Crippen molar-refractivity contribution in [2.75, 3.05) is 0 Å². The van der Waals surface area contributed by atoms with Gasteiger partial charge >= 0.3 is 0 Å². The highest BCUT2D eigenvalue weighted by atomic mass is 16.5. The molecule has 2 aliphatic carbocycles. The lowest BCUT2D eigenvalue weighted by atomic mass is 9.82. The molecule has 3 aliphatic rings. The van der Waals surface area contributed by atoms with Gasteiger partial charge in [0.05, 0.1) is 24.2 Å². The second kappa shape index (κ2) is 2.97. The van der Waals surface area contributed by atoms with Gasteiger partial charge in [0.15, 0.2) is 0 Å². The molecule has 2 heteroatoms. The maximum atomic E-state index is 8.66. The molecule has 1 saturated heterocycles. The molecule has 0 aromatic carbocycles. The molecule has 2 nitrogen and oxygen atoms in total. The fourth-order valence-electron chi connectivity index (χ4n) is 3.94. The lowest BCUT2D eigenvalue weighted by molar-refractivity contribution is -0.0740. The lowest BCUT2D eigenvalue weighted by Gasteiger charge is -2.33. The Bertz CT molecular complexity index is 283. The topological polar surface area (TPSA) is 33.0 Å². The smallest absolute Gasteiger partial charge is 0.0718 e. The van der Waals surface area contributed by atoms with Crippen molar-refractivity contribution in [3.8, 4) is 6.07 Å². The van der Waals surface area contributed by atoms with E-state index in [1.54, 1.807) is 0 Å². The number of ether oxygens (including phenoxy) is 1. The minimum absolute atomic E-state index is 0.227. The van der Waals surface area contributed by atoms with E-state index in [9.17, 15) is 0 Å². The van der Waals surface area contributed by atoms with Crippen LogP contribution >= 0.6 is 0 Å². The first kappa shape index (κ1) is 8.73. The Hall–Kier alpha value is -0.550. The number of rotatable bonds is 1. The number of fused-ring (bicyclic) bond motifs is 3. The van der Waals surface area contributed by atoms with Crippen molar-refractivity contribution in [1.82, 2.24) is 0 Å². The molecule has 1 spiro atoms. The van der Waals surface area contributed by atoms with Crippen LogP contribution in [0.5, 0.6) is 0 Å². The monoisotopic (exact) mass is 191 g/mol. The van der Waals surface area contributed by atoms with E-state index in [1.165, 1.54) is 32.1 Å². The van der Waals surface area contributed by atoms with Gasteiger partial charge in [0.25, 0.3) is 0 Å². The van der Waals surface area contributed by atoms with Crippen LogP contribution < -0.4 is 0 Å². The fourth-order valence-corrected chi connectivity index (χ4v) is 3.94. The molecule has 1 heterocycles. The molecule has 4 unspecified atom stereocenters. The van der Waals surface area contributed by atoms with E-state index in [0.717, 1.165) is 18.3 Å². The van der Waals surface area contributed by atoms with Crippen LogP contribution in [0.4, 0.5) is 0 Å². The summed E-state index contributed by atoms with van der Waals surface area (Å²) in [6.07, 6.45) is 8.69. The summed E-state index contributed by atoms with van der Waals surface area (Å²) in [5, 5.41) is 8.66. The summed E-state index contributed by atoms with van der Waals surface area (Å²) in [6.45, 7) is 0. The van der Waals surface area contributed by atoms with Crippen molar-refractivity contribution in [3.63, 3.8) is 0 Å². The third-order valence-corrected chi connectivity index (χ3v) is 4.53. The molecule has 14 heavy (non-hydrogen) atoms. The lowest BCUT2D eigenvalue weighted by Crippen LogP contribution is -2.35. The van der Waals surface area contributed by atoms with Gasteiger partial charge in [-0.05, 0) is 50.4 Å². The average molecular weight is 191 g/mol. The number of nitrogens with zero attached hydrogens (tertiary/aromatic N) is 1. The van der Waals surface area contributed by atoms with Gasteiger partial charge in [-0.3, -0.25) is 0 Å². The number of hydrogen-bond acceptors (Lipinski definition) is 2. The maximum absolute atomic E-state index is 8.66. The predicted molar refractivity (Wildman–Crippen MR) is 52.5 cm³/mol. The van der Waals surface area contributed by atoms with Gasteiger partial charge in [-0.15, -0.1) is 0 Å². The Balaban J connectivity index is 1.72. The van der Waals surface area contributed by atoms with E-state index in [0.29, 0.717) is 6.42 Å². The summed E-state index contributed by atoms with van der Waals surface area (Å²) >= 11 is 0. The van der Waals surface area contributed by atoms with E-state index in [4.69, 9.17) is 10.00 Å². The first-order valence-corrected chi connectivity index (χ1v) is 5.87. The molecule has 0 amide bonds. The number of hydrogen-bond donors (Lipinski definition) is 0. The molecule has 3 rings (SSSR count). The third-order valence-electron chi connectivity index (χ3n) is 4.53. The van der Waals surface area contributed by atoms with Crippen molar-refractivity contribution >= 4 is 0 Å². The zero-order chi connectivity index (χ0) is 9.60. The van der Waals surface area contributed by atoms with E-state index >= 15 is 0 Å². The van der Waals surface area contributed by atoms with E-state index in [1.807, 2.05) is 0 Å². The molecule has 0 N–H and O–H groups in total. The normalized spacial score (nSPS) is 50.1. The number of nitriles is 1. The highest BCUT2D eigenvalue weighted by Crippen LogP contribution is 2.57. The highest BCUT2D eigenvalue weighted by Gasteiger charge is 2.54. The van der Waals surface area contributed by atoms with Crippen LogP contribution in [-0.2, 0) is 4.74 Å². The molecule has 0 radical (unpaired) electrons.